The van der Waals surface area contributed by atoms with E-state index in [1.807, 2.05) is 43.3 Å². The molecule has 1 atom stereocenters. The van der Waals surface area contributed by atoms with Crippen molar-refractivity contribution in [1.29, 1.82) is 0 Å². The molecule has 10 heteroatoms. The highest BCUT2D eigenvalue weighted by molar-refractivity contribution is 9.10. The van der Waals surface area contributed by atoms with Gasteiger partial charge in [-0.3, -0.25) is 14.6 Å². The van der Waals surface area contributed by atoms with Gasteiger partial charge >= 0.3 is 22.8 Å². The first-order valence-electron chi connectivity index (χ1n) is 8.83. The number of fused-ring (bicyclic) bond motifs is 6. The number of amides is 1. The normalized spacial score (nSPS) is 18.7. The van der Waals surface area contributed by atoms with Gasteiger partial charge in [-0.25, -0.2) is 0 Å². The number of benzene rings is 2. The lowest BCUT2D eigenvalue weighted by Gasteiger charge is -2.28. The molecule has 2 aliphatic heterocycles. The summed E-state index contributed by atoms with van der Waals surface area (Å²) in [5.41, 5.74) is 1.38. The molecule has 0 unspecified atom stereocenters. The molecule has 0 fully saturated rings. The van der Waals surface area contributed by atoms with Gasteiger partial charge in [-0.15, -0.1) is 0 Å². The minimum absolute atomic E-state index is 0.295. The van der Waals surface area contributed by atoms with E-state index in [4.69, 9.17) is 0 Å². The van der Waals surface area contributed by atoms with E-state index in [9.17, 15) is 9.59 Å². The maximum atomic E-state index is 13.4. The molecular weight excluding hydrogens is 522 g/mol. The van der Waals surface area contributed by atoms with Crippen molar-refractivity contribution in [2.24, 2.45) is 0 Å². The van der Waals surface area contributed by atoms with Gasteiger partial charge in [0.05, 0.1) is 22.5 Å². The van der Waals surface area contributed by atoms with E-state index in [-0.39, 0.29) is 11.5 Å². The number of H-pyrrole nitrogens is 1. The first-order valence-corrected chi connectivity index (χ1v) is 11.4. The molecule has 7 nitrogen and oxygen atoms in total. The van der Waals surface area contributed by atoms with Crippen molar-refractivity contribution in [3.8, 4) is 11.3 Å². The quantitative estimate of drug-likeness (QED) is 0.345. The van der Waals surface area contributed by atoms with Gasteiger partial charge in [-0.1, -0.05) is 50.5 Å². The Bertz CT molecular complexity index is 1260. The summed E-state index contributed by atoms with van der Waals surface area (Å²) >= 11 is 8.37. The molecule has 0 aliphatic carbocycles. The Labute approximate surface area is 186 Å². The van der Waals surface area contributed by atoms with Gasteiger partial charge < -0.3 is 10.6 Å². The molecule has 0 saturated heterocycles. The Morgan fingerprint density at radius 3 is 2.59 bits per heavy atom. The highest BCUT2D eigenvalue weighted by Gasteiger charge is 2.62. The van der Waals surface area contributed by atoms with Crippen molar-refractivity contribution in [2.45, 2.75) is 17.7 Å². The molecule has 3 aromatic rings. The predicted octanol–water partition coefficient (Wildman–Crippen LogP) is 3.44. The summed E-state index contributed by atoms with van der Waals surface area (Å²) < 4.78 is 3.17. The van der Waals surface area contributed by atoms with Crippen LogP contribution in [-0.4, -0.2) is 21.7 Å². The average Bonchev–Trinajstić information content (AvgIpc) is 2.94. The first kappa shape index (κ1) is 18.8. The largest absolute Gasteiger partial charge is 0.374 e. The number of nitrogens with zero attached hydrogens (tertiary/aromatic N) is 2. The number of rotatable bonds is 2. The third-order valence-electron chi connectivity index (χ3n) is 4.94. The lowest BCUT2D eigenvalue weighted by atomic mass is 9.95. The lowest BCUT2D eigenvalue weighted by Crippen LogP contribution is -2.71. The topological polar surface area (TPSA) is 90.8 Å². The Morgan fingerprint density at radius 2 is 1.83 bits per heavy atom. The summed E-state index contributed by atoms with van der Waals surface area (Å²) in [5, 5.41) is 11.4. The SMILES string of the molecule is CCSc1n[n+]2c(c(=O)[nH]1)-c1cc(Br)ccc1N[C@@]21C(=O)Nc2ccc(Br)cc21. The van der Waals surface area contributed by atoms with Crippen LogP contribution in [0.1, 0.15) is 12.5 Å². The molecule has 146 valence electrons. The van der Waals surface area contributed by atoms with Crippen LogP contribution in [-0.2, 0) is 10.5 Å². The maximum Gasteiger partial charge on any atom is 0.374 e. The van der Waals surface area contributed by atoms with Crippen molar-refractivity contribution in [3.63, 3.8) is 0 Å². The van der Waals surface area contributed by atoms with Crippen LogP contribution in [0.2, 0.25) is 0 Å². The van der Waals surface area contributed by atoms with Crippen LogP contribution in [0, 0.1) is 0 Å². The second-order valence-corrected chi connectivity index (χ2v) is 9.71. The summed E-state index contributed by atoms with van der Waals surface area (Å²) in [5.74, 6) is 0.440. The average molecular weight is 536 g/mol. The number of aromatic nitrogens is 3. The molecule has 3 heterocycles. The Kier molecular flexibility index (Phi) is 4.34. The Hall–Kier alpha value is -2.17. The fraction of sp³-hybridized carbons (Fsp3) is 0.158. The first-order chi connectivity index (χ1) is 13.9. The molecule has 1 aromatic heterocycles. The van der Waals surface area contributed by atoms with E-state index in [1.165, 1.54) is 16.4 Å². The molecule has 1 amide bonds. The second-order valence-electron chi connectivity index (χ2n) is 6.62. The predicted molar refractivity (Wildman–Crippen MR) is 118 cm³/mol. The van der Waals surface area contributed by atoms with E-state index in [1.54, 1.807) is 0 Å². The summed E-state index contributed by atoms with van der Waals surface area (Å²) in [7, 11) is 0. The van der Waals surface area contributed by atoms with Gasteiger partial charge in [0.2, 0.25) is 5.16 Å². The smallest absolute Gasteiger partial charge is 0.317 e. The van der Waals surface area contributed by atoms with Crippen molar-refractivity contribution in [1.82, 2.24) is 10.1 Å². The molecule has 5 rings (SSSR count). The van der Waals surface area contributed by atoms with Gasteiger partial charge in [0.15, 0.2) is 0 Å². The van der Waals surface area contributed by atoms with E-state index >= 15 is 0 Å². The summed E-state index contributed by atoms with van der Waals surface area (Å²) in [6.07, 6.45) is 0. The third-order valence-corrected chi connectivity index (χ3v) is 6.67. The molecule has 0 bridgehead atoms. The lowest BCUT2D eigenvalue weighted by molar-refractivity contribution is -0.781. The number of hydrogen-bond acceptors (Lipinski definition) is 5. The van der Waals surface area contributed by atoms with Crippen LogP contribution in [0.3, 0.4) is 0 Å². The molecule has 1 spiro atoms. The van der Waals surface area contributed by atoms with Gasteiger partial charge in [-0.2, -0.15) is 0 Å². The third kappa shape index (κ3) is 2.69. The number of carbonyl (C=O) groups is 1. The summed E-state index contributed by atoms with van der Waals surface area (Å²) in [4.78, 5) is 29.4. The minimum Gasteiger partial charge on any atom is -0.317 e. The Morgan fingerprint density at radius 1 is 1.10 bits per heavy atom. The van der Waals surface area contributed by atoms with Crippen LogP contribution in [0.5, 0.6) is 0 Å². The van der Waals surface area contributed by atoms with Gasteiger partial charge in [0, 0.05) is 14.0 Å². The maximum absolute atomic E-state index is 13.4. The molecule has 0 saturated carbocycles. The van der Waals surface area contributed by atoms with Crippen molar-refractivity contribution >= 4 is 60.9 Å². The van der Waals surface area contributed by atoms with Gasteiger partial charge in [0.1, 0.15) is 0 Å². The second kappa shape index (κ2) is 6.68. The highest BCUT2D eigenvalue weighted by Crippen LogP contribution is 2.43. The number of nitrogens with one attached hydrogen (secondary N) is 3. The Balaban J connectivity index is 1.90. The van der Waals surface area contributed by atoms with Crippen LogP contribution >= 0.6 is 43.6 Å². The molecular formula is C19H14Br2N5O2S+. The number of carbonyl (C=O) groups excluding carboxylic acids is 1. The molecule has 3 N–H and O–H groups in total. The molecule has 2 aromatic carbocycles. The van der Waals surface area contributed by atoms with Crippen molar-refractivity contribution in [3.05, 3.63) is 61.3 Å². The number of halogens is 2. The van der Waals surface area contributed by atoms with E-state index in [0.717, 1.165) is 14.7 Å². The van der Waals surface area contributed by atoms with Crippen molar-refractivity contribution in [2.75, 3.05) is 16.4 Å². The molecule has 29 heavy (non-hydrogen) atoms. The van der Waals surface area contributed by atoms with Crippen LogP contribution in [0.4, 0.5) is 11.4 Å². The van der Waals surface area contributed by atoms with Crippen LogP contribution < -0.4 is 20.9 Å². The molecule has 0 radical (unpaired) electrons. The minimum atomic E-state index is -1.37. The van der Waals surface area contributed by atoms with Gasteiger partial charge in [-0.05, 0) is 46.8 Å². The number of anilines is 2. The highest BCUT2D eigenvalue weighted by atomic mass is 79.9. The summed E-state index contributed by atoms with van der Waals surface area (Å²) in [6.45, 7) is 1.98. The standard InChI is InChI=1S/C19H13Br2N5O2S/c1-2-29-18-23-16(27)15-11-7-9(20)3-5-13(11)24-19(26(15)25-18)12-8-10(21)4-6-14(12)22-17(19)28/h3-8H,2H2,1H3,(H2,22,23,25,27,28)/p+1/t19-/m1/s1. The fourth-order valence-corrected chi connectivity index (χ4v) is 5.06. The van der Waals surface area contributed by atoms with E-state index < -0.39 is 5.66 Å². The summed E-state index contributed by atoms with van der Waals surface area (Å²) in [6, 6.07) is 11.1. The van der Waals surface area contributed by atoms with Crippen LogP contribution in [0.15, 0.2) is 55.3 Å². The number of aromatic amines is 1. The van der Waals surface area contributed by atoms with Crippen molar-refractivity contribution < 1.29 is 9.48 Å². The zero-order valence-electron chi connectivity index (χ0n) is 15.0. The monoisotopic (exact) mass is 534 g/mol. The zero-order chi connectivity index (χ0) is 20.3. The van der Waals surface area contributed by atoms with E-state index in [0.29, 0.717) is 33.4 Å². The molecule has 2 aliphatic rings. The van der Waals surface area contributed by atoms with E-state index in [2.05, 4.69) is 52.6 Å². The zero-order valence-corrected chi connectivity index (χ0v) is 19.0. The van der Waals surface area contributed by atoms with Gasteiger partial charge in [0.25, 0.3) is 0 Å². The number of hydrogen-bond donors (Lipinski definition) is 3. The fourth-order valence-electron chi connectivity index (χ4n) is 3.76. The number of thioether (sulfide) groups is 1. The van der Waals surface area contributed by atoms with Crippen LogP contribution in [0.25, 0.3) is 11.3 Å².